The largest absolute Gasteiger partial charge is 0.491 e. The standard InChI is InChI=1S/C118H144N8O18/c1-111(2,3)83-18-28-88(29-19-83)117(89-30-20-84(21-31-89)112(4,5)6,90-32-22-85(23-33-90)113(7,8)9)93-38-44-98(45-39-93)142-76-74-138-68-66-134-62-64-136-70-72-140-80-96-78-123(121-119-96)54-58-132-60-56-125-107(128)101-50-52-103-106-104(53-51-102(105(101)106)108(125)129)110(131)126(109(103)130)57-61-133-59-55-124-79-97(120-122-124)81-141-73-71-137-65-63-135-67-69-139-75-77-143-99-46-40-94(41-47-99)118(91-34-24-86(25-35-91)114(10,11)12,92-36-26-87(27-37-92)115(13,14)15)95-42-48-100(49-43-95)144-116(16,17)82-127/h18-53,78-79,127H,54-77,80-82H2,1-17H3. The smallest absolute Gasteiger partial charge is 0.261 e. The maximum Gasteiger partial charge on any atom is 0.261 e. The highest BCUT2D eigenvalue weighted by molar-refractivity contribution is 6.33. The highest BCUT2D eigenvalue weighted by Crippen LogP contribution is 2.50. The molecule has 2 aliphatic heterocycles. The molecular formula is C118H144N8O18. The number of hydrogen-bond donors (Lipinski definition) is 1. The zero-order valence-electron chi connectivity index (χ0n) is 87.0. The van der Waals surface area contributed by atoms with Crippen LogP contribution < -0.4 is 14.2 Å². The van der Waals surface area contributed by atoms with Crippen LogP contribution in [0.4, 0.5) is 0 Å². The first-order valence-electron chi connectivity index (χ1n) is 50.3. The van der Waals surface area contributed by atoms with Crippen molar-refractivity contribution in [3.8, 4) is 17.2 Å². The van der Waals surface area contributed by atoms with E-state index in [1.807, 2.05) is 38.1 Å². The maximum atomic E-state index is 14.0. The molecule has 0 radical (unpaired) electrons. The monoisotopic (exact) mass is 1960 g/mol. The van der Waals surface area contributed by atoms with Crippen molar-refractivity contribution < 1.29 is 85.9 Å². The summed E-state index contributed by atoms with van der Waals surface area (Å²) in [5.41, 5.74) is 15.4. The Balaban J connectivity index is 0.428. The third-order valence-corrected chi connectivity index (χ3v) is 26.4. The van der Waals surface area contributed by atoms with Crippen LogP contribution in [0.2, 0.25) is 0 Å². The molecular weight excluding hydrogens is 1820 g/mol. The molecule has 26 heteroatoms. The number of carbonyl (C=O) groups excluding carboxylic acids is 4. The van der Waals surface area contributed by atoms with Gasteiger partial charge in [0.05, 0.1) is 188 Å². The number of benzene rings is 10. The Labute approximate surface area is 848 Å². The van der Waals surface area contributed by atoms with Gasteiger partial charge in [-0.15, -0.1) is 10.2 Å². The summed E-state index contributed by atoms with van der Waals surface area (Å²) in [6, 6.07) is 76.9. The predicted molar refractivity (Wildman–Crippen MR) is 556 cm³/mol. The average molecular weight is 1960 g/mol. The lowest BCUT2D eigenvalue weighted by Gasteiger charge is -2.38. The molecule has 0 aliphatic carbocycles. The summed E-state index contributed by atoms with van der Waals surface area (Å²) >= 11 is 0. The quantitative estimate of drug-likeness (QED) is 0.0211. The topological polar surface area (TPSA) is 276 Å². The molecule has 144 heavy (non-hydrogen) atoms. The molecule has 14 rings (SSSR count). The van der Waals surface area contributed by atoms with Crippen molar-refractivity contribution in [1.29, 1.82) is 0 Å². The maximum absolute atomic E-state index is 14.0. The molecule has 0 spiro atoms. The van der Waals surface area contributed by atoms with Gasteiger partial charge in [-0.2, -0.15) is 0 Å². The second kappa shape index (κ2) is 48.3. The van der Waals surface area contributed by atoms with E-state index in [4.69, 9.17) is 61.6 Å². The van der Waals surface area contributed by atoms with E-state index in [9.17, 15) is 24.3 Å². The number of aromatic nitrogens is 6. The Kier molecular flexibility index (Phi) is 36.2. The normalized spacial score (nSPS) is 13.4. The van der Waals surface area contributed by atoms with E-state index in [1.165, 1.54) is 68.8 Å². The van der Waals surface area contributed by atoms with Crippen LogP contribution in [0.15, 0.2) is 231 Å². The van der Waals surface area contributed by atoms with Crippen molar-refractivity contribution in [3.05, 3.63) is 337 Å². The molecule has 2 aliphatic rings. The molecule has 764 valence electrons. The number of aliphatic hydroxyl groups excluding tert-OH is 1. The van der Waals surface area contributed by atoms with E-state index in [2.05, 4.69) is 294 Å². The minimum Gasteiger partial charge on any atom is -0.491 e. The Morgan fingerprint density at radius 1 is 0.243 bits per heavy atom. The van der Waals surface area contributed by atoms with E-state index in [1.54, 1.807) is 21.8 Å². The molecule has 0 fully saturated rings. The number of rotatable bonds is 53. The summed E-state index contributed by atoms with van der Waals surface area (Å²) in [6.45, 7) is 45.1. The molecule has 2 aromatic heterocycles. The Hall–Kier alpha value is -12.0. The summed E-state index contributed by atoms with van der Waals surface area (Å²) in [5, 5.41) is 27.4. The van der Waals surface area contributed by atoms with Gasteiger partial charge >= 0.3 is 0 Å². The molecule has 10 aromatic carbocycles. The Bertz CT molecular complexity index is 5840. The minimum atomic E-state index is -0.741. The number of nitrogens with zero attached hydrogens (tertiary/aromatic N) is 8. The lowest BCUT2D eigenvalue weighted by Crippen LogP contribution is -2.45. The lowest BCUT2D eigenvalue weighted by atomic mass is 9.64. The fourth-order valence-corrected chi connectivity index (χ4v) is 18.2. The number of hydrogen-bond acceptors (Lipinski definition) is 22. The molecule has 0 bridgehead atoms. The molecule has 0 saturated heterocycles. The number of ether oxygens (including phenoxy) is 13. The van der Waals surface area contributed by atoms with Crippen LogP contribution in [0.5, 0.6) is 17.2 Å². The summed E-state index contributed by atoms with van der Waals surface area (Å²) in [5.74, 6) is -0.0378. The third-order valence-electron chi connectivity index (χ3n) is 26.4. The van der Waals surface area contributed by atoms with Gasteiger partial charge in [-0.05, 0) is 174 Å². The van der Waals surface area contributed by atoms with Crippen molar-refractivity contribution in [2.24, 2.45) is 0 Å². The average Bonchev–Trinajstić information content (AvgIpc) is 0.812. The zero-order valence-corrected chi connectivity index (χ0v) is 87.0. The van der Waals surface area contributed by atoms with Gasteiger partial charge in [-0.3, -0.25) is 29.0 Å². The first-order chi connectivity index (χ1) is 68.9. The number of imide groups is 2. The van der Waals surface area contributed by atoms with Crippen LogP contribution in [-0.2, 0) is 112 Å². The molecule has 1 N–H and O–H groups in total. The summed E-state index contributed by atoms with van der Waals surface area (Å²) in [4.78, 5) is 58.3. The van der Waals surface area contributed by atoms with Crippen molar-refractivity contribution in [1.82, 2.24) is 39.8 Å². The van der Waals surface area contributed by atoms with Gasteiger partial charge in [0, 0.05) is 33.0 Å². The predicted octanol–water partition coefficient (Wildman–Crippen LogP) is 19.3. The van der Waals surface area contributed by atoms with Crippen molar-refractivity contribution in [2.75, 3.05) is 152 Å². The molecule has 0 atom stereocenters. The van der Waals surface area contributed by atoms with Crippen LogP contribution in [0.25, 0.3) is 10.8 Å². The summed E-state index contributed by atoms with van der Waals surface area (Å²) in [7, 11) is 0. The second-order valence-electron chi connectivity index (χ2n) is 42.5. The summed E-state index contributed by atoms with van der Waals surface area (Å²) < 4.78 is 80.0. The van der Waals surface area contributed by atoms with Crippen LogP contribution in [0, 0.1) is 0 Å². The van der Waals surface area contributed by atoms with Gasteiger partial charge in [-0.1, -0.05) is 272 Å². The fraction of sp³-hybridized carbons (Fsp3) is 0.441. The Morgan fingerprint density at radius 2 is 0.451 bits per heavy atom. The SMILES string of the molecule is CC(C)(CO)Oc1ccc(C(c2ccc(OCCOCCOCCOCCOCc3cn(CCOCCN4C(=O)c5ccc6c7c(ccc(c57)C4=O)C(=O)N(CCOCCn4cc(COCCOCCOCCOCCOc5ccc(C(c7ccc(C(C)(C)C)cc7)(c7ccc(C(C)(C)C)cc7)c7ccc(C(C)(C)C)cc7)cc5)nn4)C6=O)nn3)cc2)(c2ccc(C(C)(C)C)cc2)c2ccc(C(C)(C)C)cc2)cc1. The van der Waals surface area contributed by atoms with Crippen LogP contribution >= 0.6 is 0 Å². The fourth-order valence-electron chi connectivity index (χ4n) is 18.2. The van der Waals surface area contributed by atoms with E-state index < -0.39 is 40.1 Å². The third kappa shape index (κ3) is 26.8. The Morgan fingerprint density at radius 3 is 0.694 bits per heavy atom. The van der Waals surface area contributed by atoms with E-state index in [0.717, 1.165) is 49.1 Å². The minimum absolute atomic E-state index is 0.00621. The van der Waals surface area contributed by atoms with Gasteiger partial charge in [0.1, 0.15) is 47.5 Å². The summed E-state index contributed by atoms with van der Waals surface area (Å²) in [6.07, 6.45) is 3.52. The number of amides is 4. The van der Waals surface area contributed by atoms with Gasteiger partial charge in [0.25, 0.3) is 23.6 Å². The van der Waals surface area contributed by atoms with Crippen molar-refractivity contribution >= 4 is 34.4 Å². The van der Waals surface area contributed by atoms with E-state index in [0.29, 0.717) is 136 Å². The van der Waals surface area contributed by atoms with Gasteiger partial charge in [-0.25, -0.2) is 9.36 Å². The molecule has 12 aromatic rings. The lowest BCUT2D eigenvalue weighted by molar-refractivity contribution is -0.00689. The van der Waals surface area contributed by atoms with E-state index >= 15 is 0 Å². The highest BCUT2D eigenvalue weighted by Gasteiger charge is 2.44. The molecule has 0 unspecified atom stereocenters. The number of carbonyl (C=O) groups is 4. The first kappa shape index (κ1) is 108. The molecule has 4 amide bonds. The van der Waals surface area contributed by atoms with Crippen LogP contribution in [0.3, 0.4) is 0 Å². The second-order valence-corrected chi connectivity index (χ2v) is 42.5. The molecule has 0 saturated carbocycles. The van der Waals surface area contributed by atoms with Gasteiger partial charge < -0.3 is 66.7 Å². The zero-order chi connectivity index (χ0) is 102. The van der Waals surface area contributed by atoms with Crippen molar-refractivity contribution in [2.45, 2.75) is 188 Å². The van der Waals surface area contributed by atoms with Gasteiger partial charge in [0.15, 0.2) is 0 Å². The molecule has 26 nitrogen and oxygen atoms in total. The van der Waals surface area contributed by atoms with Crippen LogP contribution in [-0.4, -0.2) is 226 Å². The molecule has 4 heterocycles. The van der Waals surface area contributed by atoms with E-state index in [-0.39, 0.29) is 119 Å². The van der Waals surface area contributed by atoms with Crippen molar-refractivity contribution in [3.63, 3.8) is 0 Å². The van der Waals surface area contributed by atoms with Crippen LogP contribution in [0.1, 0.15) is 243 Å². The first-order valence-corrected chi connectivity index (χ1v) is 50.3. The highest BCUT2D eigenvalue weighted by atomic mass is 16.6. The number of aliphatic hydroxyl groups is 1. The van der Waals surface area contributed by atoms with Gasteiger partial charge in [0.2, 0.25) is 0 Å².